The summed E-state index contributed by atoms with van der Waals surface area (Å²) in [5.74, 6) is -0.251. The van der Waals surface area contributed by atoms with Gasteiger partial charge in [-0.25, -0.2) is 21.2 Å². The summed E-state index contributed by atoms with van der Waals surface area (Å²) < 4.78 is 71.1. The zero-order valence-corrected chi connectivity index (χ0v) is 17.3. The zero-order chi connectivity index (χ0) is 20.5. The van der Waals surface area contributed by atoms with Gasteiger partial charge in [-0.15, -0.1) is 0 Å². The Balaban J connectivity index is 1.80. The van der Waals surface area contributed by atoms with Gasteiger partial charge in [0.05, 0.1) is 17.3 Å². The molecule has 0 spiro atoms. The number of sulfone groups is 1. The molecule has 9 heteroatoms. The molecule has 0 saturated carbocycles. The van der Waals surface area contributed by atoms with E-state index in [2.05, 4.69) is 0 Å². The quantitative estimate of drug-likeness (QED) is 0.686. The Morgan fingerprint density at radius 3 is 2.18 bits per heavy atom. The van der Waals surface area contributed by atoms with Crippen molar-refractivity contribution in [3.05, 3.63) is 53.8 Å². The summed E-state index contributed by atoms with van der Waals surface area (Å²) in [5.41, 5.74) is 0.785. The first-order chi connectivity index (χ1) is 13.2. The lowest BCUT2D eigenvalue weighted by atomic mass is 10.2. The predicted molar refractivity (Wildman–Crippen MR) is 103 cm³/mol. The number of halogens is 1. The first kappa shape index (κ1) is 20.8. The second kappa shape index (κ2) is 7.81. The number of rotatable bonds is 5. The fraction of sp³-hybridized carbons (Fsp3) is 0.368. The van der Waals surface area contributed by atoms with Crippen LogP contribution in [0.5, 0.6) is 5.75 Å². The minimum Gasteiger partial charge on any atom is -0.495 e. The molecule has 0 unspecified atom stereocenters. The third kappa shape index (κ3) is 3.92. The number of sulfonamides is 1. The molecule has 2 aromatic carbocycles. The van der Waals surface area contributed by atoms with E-state index in [4.69, 9.17) is 4.74 Å². The minimum absolute atomic E-state index is 0.0514. The van der Waals surface area contributed by atoms with Crippen LogP contribution >= 0.6 is 0 Å². The average Bonchev–Trinajstić information content (AvgIpc) is 2.68. The van der Waals surface area contributed by atoms with Crippen molar-refractivity contribution in [2.75, 3.05) is 20.2 Å². The van der Waals surface area contributed by atoms with Crippen LogP contribution in [0.3, 0.4) is 0 Å². The van der Waals surface area contributed by atoms with Crippen molar-refractivity contribution in [1.82, 2.24) is 4.31 Å². The van der Waals surface area contributed by atoms with Gasteiger partial charge < -0.3 is 4.74 Å². The number of aryl methyl sites for hydroxylation is 1. The van der Waals surface area contributed by atoms with Crippen molar-refractivity contribution in [3.8, 4) is 5.75 Å². The van der Waals surface area contributed by atoms with Gasteiger partial charge >= 0.3 is 0 Å². The number of ether oxygens (including phenoxy) is 1. The molecule has 1 aliphatic heterocycles. The van der Waals surface area contributed by atoms with Gasteiger partial charge in [0.1, 0.15) is 16.5 Å². The fourth-order valence-electron chi connectivity index (χ4n) is 3.32. The van der Waals surface area contributed by atoms with Crippen LogP contribution < -0.4 is 4.74 Å². The van der Waals surface area contributed by atoms with Crippen molar-refractivity contribution in [3.63, 3.8) is 0 Å². The smallest absolute Gasteiger partial charge is 0.246 e. The second-order valence-electron chi connectivity index (χ2n) is 6.76. The molecule has 0 N–H and O–H groups in total. The highest BCUT2D eigenvalue weighted by molar-refractivity contribution is 7.92. The highest BCUT2D eigenvalue weighted by atomic mass is 32.2. The normalized spacial score (nSPS) is 16.8. The van der Waals surface area contributed by atoms with Gasteiger partial charge in [0.2, 0.25) is 10.0 Å². The van der Waals surface area contributed by atoms with E-state index in [0.717, 1.165) is 17.7 Å². The first-order valence-corrected chi connectivity index (χ1v) is 11.8. The third-order valence-corrected chi connectivity index (χ3v) is 9.12. The molecular formula is C19H22FNO5S2. The second-order valence-corrected chi connectivity index (χ2v) is 10.9. The summed E-state index contributed by atoms with van der Waals surface area (Å²) in [6.45, 7) is 1.97. The van der Waals surface area contributed by atoms with E-state index in [-0.39, 0.29) is 41.5 Å². The molecule has 1 saturated heterocycles. The molecule has 0 amide bonds. The van der Waals surface area contributed by atoms with Crippen LogP contribution in [0.4, 0.5) is 4.39 Å². The summed E-state index contributed by atoms with van der Waals surface area (Å²) in [5, 5.41) is -0.705. The molecule has 0 radical (unpaired) electrons. The average molecular weight is 428 g/mol. The summed E-state index contributed by atoms with van der Waals surface area (Å²) in [6, 6.07) is 9.62. The Morgan fingerprint density at radius 1 is 1.00 bits per heavy atom. The maximum atomic E-state index is 13.1. The molecule has 6 nitrogen and oxygen atoms in total. The van der Waals surface area contributed by atoms with Gasteiger partial charge in [-0.05, 0) is 61.7 Å². The van der Waals surface area contributed by atoms with Gasteiger partial charge in [0.15, 0.2) is 9.84 Å². The van der Waals surface area contributed by atoms with Gasteiger partial charge in [0.25, 0.3) is 0 Å². The van der Waals surface area contributed by atoms with Crippen molar-refractivity contribution in [2.24, 2.45) is 0 Å². The Bertz CT molecular complexity index is 1060. The monoisotopic (exact) mass is 427 g/mol. The van der Waals surface area contributed by atoms with Crippen LogP contribution in [0.2, 0.25) is 0 Å². The number of methoxy groups -OCH3 is 1. The van der Waals surface area contributed by atoms with Crippen molar-refractivity contribution < 1.29 is 26.0 Å². The zero-order valence-electron chi connectivity index (χ0n) is 15.6. The molecule has 152 valence electrons. The molecule has 1 heterocycles. The molecule has 28 heavy (non-hydrogen) atoms. The SMILES string of the molecule is COc1ccc(C)cc1S(=O)(=O)N1CCC(S(=O)(=O)c2ccc(F)cc2)CC1. The molecule has 1 fully saturated rings. The standard InChI is InChI=1S/C19H22FNO5S2/c1-14-3-8-18(26-2)19(13-14)28(24,25)21-11-9-17(10-12-21)27(22,23)16-6-4-15(20)5-7-16/h3-8,13,17H,9-12H2,1-2H3. The van der Waals surface area contributed by atoms with Crippen LogP contribution in [0.1, 0.15) is 18.4 Å². The fourth-order valence-corrected chi connectivity index (χ4v) is 6.77. The third-order valence-electron chi connectivity index (χ3n) is 4.92. The Kier molecular flexibility index (Phi) is 5.79. The van der Waals surface area contributed by atoms with Crippen LogP contribution in [-0.2, 0) is 19.9 Å². The number of nitrogens with zero attached hydrogens (tertiary/aromatic N) is 1. The van der Waals surface area contributed by atoms with Gasteiger partial charge in [-0.2, -0.15) is 4.31 Å². The number of hydrogen-bond acceptors (Lipinski definition) is 5. The van der Waals surface area contributed by atoms with Crippen LogP contribution in [0.25, 0.3) is 0 Å². The highest BCUT2D eigenvalue weighted by Gasteiger charge is 2.36. The summed E-state index contributed by atoms with van der Waals surface area (Å²) >= 11 is 0. The molecular weight excluding hydrogens is 405 g/mol. The molecule has 0 atom stereocenters. The van der Waals surface area contributed by atoms with Crippen molar-refractivity contribution in [2.45, 2.75) is 34.8 Å². The molecule has 2 aromatic rings. The first-order valence-electron chi connectivity index (χ1n) is 8.80. The predicted octanol–water partition coefficient (Wildman–Crippen LogP) is 2.77. The van der Waals surface area contributed by atoms with Crippen molar-refractivity contribution in [1.29, 1.82) is 0 Å². The van der Waals surface area contributed by atoms with Gasteiger partial charge in [-0.1, -0.05) is 6.07 Å². The lowest BCUT2D eigenvalue weighted by Gasteiger charge is -2.31. The summed E-state index contributed by atoms with van der Waals surface area (Å²) in [6.07, 6.45) is 0.347. The highest BCUT2D eigenvalue weighted by Crippen LogP contribution is 2.31. The van der Waals surface area contributed by atoms with E-state index in [1.807, 2.05) is 0 Å². The van der Waals surface area contributed by atoms with E-state index in [1.54, 1.807) is 25.1 Å². The summed E-state index contributed by atoms with van der Waals surface area (Å²) in [4.78, 5) is 0.130. The van der Waals surface area contributed by atoms with Crippen molar-refractivity contribution >= 4 is 19.9 Å². The lowest BCUT2D eigenvalue weighted by molar-refractivity contribution is 0.342. The maximum absolute atomic E-state index is 13.1. The van der Waals surface area contributed by atoms with E-state index >= 15 is 0 Å². The maximum Gasteiger partial charge on any atom is 0.246 e. The minimum atomic E-state index is -3.80. The van der Waals surface area contributed by atoms with E-state index < -0.39 is 30.9 Å². The Labute approximate surface area is 164 Å². The number of hydrogen-bond donors (Lipinski definition) is 0. The Hall–Kier alpha value is -1.97. The molecule has 1 aliphatic rings. The molecule has 3 rings (SSSR count). The van der Waals surface area contributed by atoms with E-state index in [0.29, 0.717) is 0 Å². The Morgan fingerprint density at radius 2 is 1.61 bits per heavy atom. The lowest BCUT2D eigenvalue weighted by Crippen LogP contribution is -2.42. The molecule has 0 bridgehead atoms. The topological polar surface area (TPSA) is 80.8 Å². The summed E-state index contributed by atoms with van der Waals surface area (Å²) in [7, 11) is -6.04. The molecule has 0 aliphatic carbocycles. The van der Waals surface area contributed by atoms with Gasteiger partial charge in [0, 0.05) is 13.1 Å². The van der Waals surface area contributed by atoms with E-state index in [1.165, 1.54) is 23.5 Å². The van der Waals surface area contributed by atoms with Gasteiger partial charge in [-0.3, -0.25) is 0 Å². The van der Waals surface area contributed by atoms with Crippen LogP contribution in [0.15, 0.2) is 52.3 Å². The van der Waals surface area contributed by atoms with Crippen LogP contribution in [0, 0.1) is 12.7 Å². The van der Waals surface area contributed by atoms with Crippen LogP contribution in [-0.4, -0.2) is 46.6 Å². The largest absolute Gasteiger partial charge is 0.495 e. The number of benzene rings is 2. The molecule has 0 aromatic heterocycles. The van der Waals surface area contributed by atoms with E-state index in [9.17, 15) is 21.2 Å². The number of piperidine rings is 1.